The molecule has 0 saturated carbocycles. The van der Waals surface area contributed by atoms with E-state index in [4.69, 9.17) is 9.52 Å². The number of fused-ring (bicyclic) bond motifs is 1. The molecule has 0 saturated heterocycles. The highest BCUT2D eigenvalue weighted by molar-refractivity contribution is 5.95. The number of hydrogen-bond acceptors (Lipinski definition) is 5. The average Bonchev–Trinajstić information content (AvgIpc) is 3.45. The van der Waals surface area contributed by atoms with E-state index in [0.29, 0.717) is 29.0 Å². The fraction of sp³-hybridized carbons (Fsp3) is 0.333. The van der Waals surface area contributed by atoms with E-state index in [1.807, 2.05) is 41.1 Å². The number of carbonyl (C=O) groups excluding carboxylic acids is 1. The summed E-state index contributed by atoms with van der Waals surface area (Å²) in [5, 5.41) is 16.0. The van der Waals surface area contributed by atoms with Crippen LogP contribution in [0.25, 0.3) is 17.3 Å². The number of carbonyl (C=O) groups is 1. The highest BCUT2D eigenvalue weighted by Gasteiger charge is 2.22. The number of nitrogens with zero attached hydrogens (tertiary/aromatic N) is 4. The molecule has 0 fully saturated rings. The van der Waals surface area contributed by atoms with Crippen LogP contribution in [0.5, 0.6) is 0 Å². The van der Waals surface area contributed by atoms with Crippen molar-refractivity contribution in [1.29, 1.82) is 0 Å². The first-order chi connectivity index (χ1) is 16.5. The quantitative estimate of drug-likeness (QED) is 0.430. The van der Waals surface area contributed by atoms with Gasteiger partial charge in [-0.3, -0.25) is 4.79 Å². The zero-order valence-corrected chi connectivity index (χ0v) is 19.8. The lowest BCUT2D eigenvalue weighted by Crippen LogP contribution is -2.31. The molecular formula is C27H29N5O2. The fourth-order valence-electron chi connectivity index (χ4n) is 4.64. The summed E-state index contributed by atoms with van der Waals surface area (Å²) in [5.74, 6) is 1.25. The molecule has 4 aromatic rings. The lowest BCUT2D eigenvalue weighted by Gasteiger charge is -2.26. The van der Waals surface area contributed by atoms with E-state index in [-0.39, 0.29) is 11.9 Å². The number of rotatable bonds is 6. The zero-order chi connectivity index (χ0) is 23.7. The smallest absolute Gasteiger partial charge is 0.268 e. The molecule has 34 heavy (non-hydrogen) atoms. The van der Waals surface area contributed by atoms with Crippen LogP contribution in [-0.4, -0.2) is 25.9 Å². The summed E-state index contributed by atoms with van der Waals surface area (Å²) in [6, 6.07) is 18.0. The third-order valence-electron chi connectivity index (χ3n) is 6.17. The Morgan fingerprint density at radius 3 is 2.79 bits per heavy atom. The molecule has 2 aromatic carbocycles. The maximum absolute atomic E-state index is 13.2. The van der Waals surface area contributed by atoms with Gasteiger partial charge in [0.2, 0.25) is 5.89 Å². The highest BCUT2D eigenvalue weighted by atomic mass is 16.4. The topological polar surface area (TPSA) is 85.8 Å². The lowest BCUT2D eigenvalue weighted by molar-refractivity contribution is 0.0932. The van der Waals surface area contributed by atoms with E-state index in [1.54, 1.807) is 6.92 Å². The van der Waals surface area contributed by atoms with E-state index in [2.05, 4.69) is 47.6 Å². The standard InChI is InChI=1S/C27H29N5O2/c1-17(2)14-22-16-25(27-30-29-18(3)34-27)31-32(22)21-11-6-10-20(15-21)26(33)28-24-13-7-9-19-8-4-5-12-23(19)24/h4-6,8,10-12,15-17,24H,7,9,13-14H2,1-3H3,(H,28,33)/t24-/m0/s1. The van der Waals surface area contributed by atoms with Gasteiger partial charge < -0.3 is 9.73 Å². The normalized spacial score (nSPS) is 15.4. The zero-order valence-electron chi connectivity index (χ0n) is 19.8. The van der Waals surface area contributed by atoms with Crippen LogP contribution in [0.15, 0.2) is 59.0 Å². The molecular weight excluding hydrogens is 426 g/mol. The monoisotopic (exact) mass is 455 g/mol. The number of amides is 1. The van der Waals surface area contributed by atoms with E-state index < -0.39 is 0 Å². The molecule has 7 heteroatoms. The molecule has 1 amide bonds. The Bertz CT molecular complexity index is 1320. The summed E-state index contributed by atoms with van der Waals surface area (Å²) in [5.41, 5.74) is 5.65. The van der Waals surface area contributed by atoms with Crippen LogP contribution < -0.4 is 5.32 Å². The second-order valence-corrected chi connectivity index (χ2v) is 9.32. The predicted octanol–water partition coefficient (Wildman–Crippen LogP) is 5.24. The van der Waals surface area contributed by atoms with Gasteiger partial charge >= 0.3 is 0 Å². The number of benzene rings is 2. The minimum atomic E-state index is -0.0751. The van der Waals surface area contributed by atoms with Gasteiger partial charge in [0.15, 0.2) is 0 Å². The molecule has 1 N–H and O–H groups in total. The van der Waals surface area contributed by atoms with Crippen LogP contribution in [0.2, 0.25) is 0 Å². The molecule has 5 rings (SSSR count). The van der Waals surface area contributed by atoms with E-state index >= 15 is 0 Å². The number of nitrogens with one attached hydrogen (secondary N) is 1. The van der Waals surface area contributed by atoms with Crippen molar-refractivity contribution < 1.29 is 9.21 Å². The van der Waals surface area contributed by atoms with Gasteiger partial charge in [0, 0.05) is 18.2 Å². The SMILES string of the molecule is Cc1nnc(-c2cc(CC(C)C)n(-c3cccc(C(=O)N[C@H]4CCCc5ccccc54)c3)n2)o1. The molecule has 0 unspecified atom stereocenters. The van der Waals surface area contributed by atoms with Crippen molar-refractivity contribution in [3.05, 3.63) is 82.9 Å². The molecule has 174 valence electrons. The summed E-state index contributed by atoms with van der Waals surface area (Å²) in [4.78, 5) is 13.2. The molecule has 1 aliphatic rings. The Morgan fingerprint density at radius 2 is 2.00 bits per heavy atom. The van der Waals surface area contributed by atoms with Crippen molar-refractivity contribution in [2.45, 2.75) is 52.5 Å². The molecule has 1 aliphatic carbocycles. The van der Waals surface area contributed by atoms with Gasteiger partial charge in [0.25, 0.3) is 11.8 Å². The van der Waals surface area contributed by atoms with Crippen LogP contribution in [0, 0.1) is 12.8 Å². The van der Waals surface area contributed by atoms with Crippen molar-refractivity contribution >= 4 is 5.91 Å². The van der Waals surface area contributed by atoms with Crippen molar-refractivity contribution in [3.63, 3.8) is 0 Å². The average molecular weight is 456 g/mol. The maximum atomic E-state index is 13.2. The molecule has 0 radical (unpaired) electrons. The second kappa shape index (κ2) is 9.25. The first-order valence-corrected chi connectivity index (χ1v) is 11.9. The lowest BCUT2D eigenvalue weighted by atomic mass is 9.87. The van der Waals surface area contributed by atoms with Gasteiger partial charge in [0.1, 0.15) is 5.69 Å². The first kappa shape index (κ1) is 22.1. The Labute approximate surface area is 199 Å². The molecule has 0 aliphatic heterocycles. The van der Waals surface area contributed by atoms with Crippen LogP contribution in [0.1, 0.15) is 65.8 Å². The van der Waals surface area contributed by atoms with Crippen LogP contribution in [-0.2, 0) is 12.8 Å². The Hall–Kier alpha value is -3.74. The first-order valence-electron chi connectivity index (χ1n) is 11.9. The van der Waals surface area contributed by atoms with Gasteiger partial charge in [-0.25, -0.2) is 4.68 Å². The largest absolute Gasteiger partial charge is 0.420 e. The third kappa shape index (κ3) is 4.51. The van der Waals surface area contributed by atoms with Crippen LogP contribution in [0.3, 0.4) is 0 Å². The van der Waals surface area contributed by atoms with Crippen molar-refractivity contribution in [2.24, 2.45) is 5.92 Å². The number of aromatic nitrogens is 4. The number of hydrogen-bond donors (Lipinski definition) is 1. The van der Waals surface area contributed by atoms with Crippen molar-refractivity contribution in [1.82, 2.24) is 25.3 Å². The Kier molecular flexibility index (Phi) is 6.01. The summed E-state index contributed by atoms with van der Waals surface area (Å²) in [7, 11) is 0. The van der Waals surface area contributed by atoms with Gasteiger partial charge in [-0.05, 0) is 67.0 Å². The van der Waals surface area contributed by atoms with Crippen molar-refractivity contribution in [3.8, 4) is 17.3 Å². The second-order valence-electron chi connectivity index (χ2n) is 9.32. The van der Waals surface area contributed by atoms with Crippen LogP contribution >= 0.6 is 0 Å². The van der Waals surface area contributed by atoms with E-state index in [0.717, 1.165) is 37.1 Å². The van der Waals surface area contributed by atoms with Crippen molar-refractivity contribution in [2.75, 3.05) is 0 Å². The molecule has 2 aromatic heterocycles. The molecule has 1 atom stereocenters. The third-order valence-corrected chi connectivity index (χ3v) is 6.17. The van der Waals surface area contributed by atoms with Gasteiger partial charge in [-0.2, -0.15) is 5.10 Å². The summed E-state index contributed by atoms with van der Waals surface area (Å²) < 4.78 is 7.47. The minimum absolute atomic E-state index is 0.0367. The molecule has 7 nitrogen and oxygen atoms in total. The number of aryl methyl sites for hydroxylation is 2. The molecule has 2 heterocycles. The van der Waals surface area contributed by atoms with Gasteiger partial charge in [-0.15, -0.1) is 10.2 Å². The molecule has 0 spiro atoms. The van der Waals surface area contributed by atoms with E-state index in [9.17, 15) is 4.79 Å². The van der Waals surface area contributed by atoms with Gasteiger partial charge in [0.05, 0.1) is 11.7 Å². The summed E-state index contributed by atoms with van der Waals surface area (Å²) in [6.07, 6.45) is 3.92. The Morgan fingerprint density at radius 1 is 1.15 bits per heavy atom. The maximum Gasteiger partial charge on any atom is 0.268 e. The molecule has 0 bridgehead atoms. The summed E-state index contributed by atoms with van der Waals surface area (Å²) in [6.45, 7) is 6.09. The minimum Gasteiger partial charge on any atom is -0.420 e. The van der Waals surface area contributed by atoms with E-state index in [1.165, 1.54) is 11.1 Å². The van der Waals surface area contributed by atoms with Crippen LogP contribution in [0.4, 0.5) is 0 Å². The predicted molar refractivity (Wildman–Crippen MR) is 130 cm³/mol. The summed E-state index contributed by atoms with van der Waals surface area (Å²) >= 11 is 0. The Balaban J connectivity index is 1.44. The highest BCUT2D eigenvalue weighted by Crippen LogP contribution is 2.30. The fourth-order valence-corrected chi connectivity index (χ4v) is 4.64. The van der Waals surface area contributed by atoms with Gasteiger partial charge in [-0.1, -0.05) is 44.2 Å².